The largest absolute Gasteiger partial charge is 0.466 e. The van der Waals surface area contributed by atoms with Crippen molar-refractivity contribution in [1.82, 2.24) is 15.1 Å². The van der Waals surface area contributed by atoms with Crippen LogP contribution in [0.1, 0.15) is 55.7 Å². The molecule has 11 heteroatoms. The number of methoxy groups -OCH3 is 1. The highest BCUT2D eigenvalue weighted by Gasteiger charge is 2.39. The Morgan fingerprint density at radius 2 is 1.53 bits per heavy atom. The zero-order valence-corrected chi connectivity index (χ0v) is 27.8. The highest BCUT2D eigenvalue weighted by atomic mass is 35.5. The monoisotopic (exact) mass is 662 g/mol. The molecular weight excluding hydrogens is 620 g/mol. The number of hydrogen-bond acceptors (Lipinski definition) is 7. The fourth-order valence-corrected chi connectivity index (χ4v) is 6.97. The zero-order chi connectivity index (χ0) is 32.0. The van der Waals surface area contributed by atoms with Gasteiger partial charge in [-0.2, -0.15) is 0 Å². The van der Waals surface area contributed by atoms with Gasteiger partial charge in [-0.05, 0) is 69.4 Å². The van der Waals surface area contributed by atoms with Gasteiger partial charge in [0, 0.05) is 35.5 Å². The second-order valence-electron chi connectivity index (χ2n) is 11.8. The number of allylic oxidation sites excluding steroid dienone is 3. The van der Waals surface area contributed by atoms with E-state index in [0.29, 0.717) is 29.1 Å². The molecule has 0 radical (unpaired) electrons. The molecule has 2 heterocycles. The number of likely N-dealkylation sites (tertiary alicyclic amines) is 1. The van der Waals surface area contributed by atoms with Crippen LogP contribution in [0, 0.1) is 10.1 Å². The third-order valence-electron chi connectivity index (χ3n) is 9.24. The van der Waals surface area contributed by atoms with Crippen molar-refractivity contribution in [2.24, 2.45) is 0 Å². The van der Waals surface area contributed by atoms with Gasteiger partial charge in [0.05, 0.1) is 29.2 Å². The van der Waals surface area contributed by atoms with E-state index in [1.165, 1.54) is 30.4 Å². The number of hydrogen-bond donors (Lipinski definition) is 1. The Hall–Kier alpha value is -4.51. The zero-order valence-electron chi connectivity index (χ0n) is 27.0. The molecule has 3 aromatic rings. The summed E-state index contributed by atoms with van der Waals surface area (Å²) in [6.45, 7) is 6.82. The lowest BCUT2D eigenvalue weighted by Gasteiger charge is -2.43. The first-order valence-electron chi connectivity index (χ1n) is 15.4. The molecule has 3 N–H and O–H groups in total. The molecule has 0 aliphatic carbocycles. The van der Waals surface area contributed by atoms with Crippen molar-refractivity contribution in [2.45, 2.75) is 44.4 Å². The number of nitro benzene ring substituents is 1. The Morgan fingerprint density at radius 1 is 0.979 bits per heavy atom. The molecule has 1 fully saturated rings. The molecule has 0 spiro atoms. The van der Waals surface area contributed by atoms with E-state index in [9.17, 15) is 19.7 Å². The third-order valence-corrected chi connectivity index (χ3v) is 9.24. The summed E-state index contributed by atoms with van der Waals surface area (Å²) in [5.41, 5.74) is 5.63. The van der Waals surface area contributed by atoms with E-state index in [1.807, 2.05) is 6.92 Å². The van der Waals surface area contributed by atoms with Gasteiger partial charge in [-0.15, -0.1) is 12.4 Å². The average molecular weight is 663 g/mol. The lowest BCUT2D eigenvalue weighted by atomic mass is 9.68. The van der Waals surface area contributed by atoms with Crippen LogP contribution in [0.25, 0.3) is 0 Å². The molecule has 1 atom stereocenters. The van der Waals surface area contributed by atoms with Gasteiger partial charge in [0.2, 0.25) is 6.41 Å². The number of nitrogens with zero attached hydrogens (tertiary/aromatic N) is 3. The molecule has 10 nitrogen and oxygen atoms in total. The fraction of sp³-hybridized carbons (Fsp3) is 0.333. The van der Waals surface area contributed by atoms with Gasteiger partial charge < -0.3 is 25.3 Å². The van der Waals surface area contributed by atoms with Crippen molar-refractivity contribution in [3.8, 4) is 0 Å². The van der Waals surface area contributed by atoms with Crippen LogP contribution in [0.4, 0.5) is 5.69 Å². The quantitative estimate of drug-likeness (QED) is 0.124. The summed E-state index contributed by atoms with van der Waals surface area (Å²) >= 11 is 0. The number of piperidine rings is 1. The number of amides is 1. The standard InChI is InChI=1S/C36H40N4O5.ClH.H2O/c1-26-32(35(42)45-3)33(28-15-17-31(18-16-28)40(43)44)34(27(2)37-26)39(25-41)22-10-21-38-23-19-36(20-24-38,29-11-6-4-7-12-29)30-13-8-5-9-14-30;;/h4-9,11-18,25,33,37H,10,19-24H2,1-3H3;1H;1H2. The number of esters is 1. The van der Waals surface area contributed by atoms with Crippen LogP contribution >= 0.6 is 12.4 Å². The Bertz CT molecular complexity index is 1550. The van der Waals surface area contributed by atoms with Crippen molar-refractivity contribution in [3.05, 3.63) is 134 Å². The first-order chi connectivity index (χ1) is 21.8. The van der Waals surface area contributed by atoms with Crippen LogP contribution in [0.5, 0.6) is 0 Å². The maximum Gasteiger partial charge on any atom is 0.336 e. The molecule has 3 aromatic carbocycles. The Labute approximate surface area is 282 Å². The Balaban J connectivity index is 0.00000300. The number of rotatable bonds is 11. The first-order valence-corrected chi connectivity index (χ1v) is 15.4. The highest BCUT2D eigenvalue weighted by Crippen LogP contribution is 2.42. The number of carbonyl (C=O) groups excluding carboxylic acids is 2. The van der Waals surface area contributed by atoms with E-state index in [4.69, 9.17) is 4.74 Å². The molecule has 0 aromatic heterocycles. The topological polar surface area (TPSA) is 137 Å². The number of non-ortho nitro benzene ring substituents is 1. The molecule has 5 rings (SSSR count). The van der Waals surface area contributed by atoms with E-state index >= 15 is 0 Å². The summed E-state index contributed by atoms with van der Waals surface area (Å²) in [5, 5.41) is 14.6. The van der Waals surface area contributed by atoms with Crippen LogP contribution in [-0.4, -0.2) is 65.9 Å². The summed E-state index contributed by atoms with van der Waals surface area (Å²) in [6.07, 6.45) is 3.55. The summed E-state index contributed by atoms with van der Waals surface area (Å²) < 4.78 is 5.13. The second-order valence-corrected chi connectivity index (χ2v) is 11.8. The van der Waals surface area contributed by atoms with Crippen LogP contribution in [0.15, 0.2) is 108 Å². The average Bonchev–Trinajstić information content (AvgIpc) is 3.07. The van der Waals surface area contributed by atoms with Gasteiger partial charge in [0.25, 0.3) is 5.69 Å². The molecule has 1 amide bonds. The number of nitro groups is 1. The number of carbonyl (C=O) groups is 2. The van der Waals surface area contributed by atoms with Gasteiger partial charge in [0.15, 0.2) is 0 Å². The van der Waals surface area contributed by atoms with E-state index in [1.54, 1.807) is 24.0 Å². The number of nitrogens with one attached hydrogen (secondary N) is 1. The second kappa shape index (κ2) is 16.4. The number of benzene rings is 3. The fourth-order valence-electron chi connectivity index (χ4n) is 6.97. The molecule has 1 saturated heterocycles. The van der Waals surface area contributed by atoms with Gasteiger partial charge in [-0.3, -0.25) is 14.9 Å². The van der Waals surface area contributed by atoms with Crippen LogP contribution < -0.4 is 5.32 Å². The summed E-state index contributed by atoms with van der Waals surface area (Å²) in [5.74, 6) is -1.15. The summed E-state index contributed by atoms with van der Waals surface area (Å²) in [7, 11) is 1.32. The van der Waals surface area contributed by atoms with Crippen LogP contribution in [0.2, 0.25) is 0 Å². The van der Waals surface area contributed by atoms with Crippen molar-refractivity contribution >= 4 is 30.5 Å². The molecule has 2 aliphatic rings. The van der Waals surface area contributed by atoms with E-state index in [0.717, 1.165) is 51.0 Å². The maximum atomic E-state index is 13.0. The van der Waals surface area contributed by atoms with Crippen molar-refractivity contribution in [2.75, 3.05) is 33.3 Å². The molecule has 47 heavy (non-hydrogen) atoms. The van der Waals surface area contributed by atoms with E-state index in [-0.39, 0.29) is 29.0 Å². The Kier molecular flexibility index (Phi) is 12.9. The molecular formula is C36H43ClN4O6. The predicted molar refractivity (Wildman–Crippen MR) is 184 cm³/mol. The molecule has 0 saturated carbocycles. The number of halogens is 1. The number of dihydropyridines is 1. The minimum atomic E-state index is -0.628. The maximum absolute atomic E-state index is 13.0. The van der Waals surface area contributed by atoms with E-state index < -0.39 is 16.8 Å². The van der Waals surface area contributed by atoms with Crippen molar-refractivity contribution in [1.29, 1.82) is 0 Å². The van der Waals surface area contributed by atoms with Gasteiger partial charge >= 0.3 is 5.97 Å². The molecule has 0 bridgehead atoms. The number of ether oxygens (including phenoxy) is 1. The van der Waals surface area contributed by atoms with Gasteiger partial charge in [0.1, 0.15) is 0 Å². The molecule has 2 aliphatic heterocycles. The molecule has 1 unspecified atom stereocenters. The van der Waals surface area contributed by atoms with Crippen LogP contribution in [0.3, 0.4) is 0 Å². The van der Waals surface area contributed by atoms with Gasteiger partial charge in [-0.1, -0.05) is 72.8 Å². The smallest absolute Gasteiger partial charge is 0.336 e. The van der Waals surface area contributed by atoms with E-state index in [2.05, 4.69) is 70.9 Å². The lowest BCUT2D eigenvalue weighted by molar-refractivity contribution is -0.384. The highest BCUT2D eigenvalue weighted by molar-refractivity contribution is 5.92. The van der Waals surface area contributed by atoms with Gasteiger partial charge in [-0.25, -0.2) is 4.79 Å². The summed E-state index contributed by atoms with van der Waals surface area (Å²) in [6, 6.07) is 27.6. The molecule has 250 valence electrons. The first kappa shape index (κ1) is 37.0. The predicted octanol–water partition coefficient (Wildman–Crippen LogP) is 5.49. The van der Waals surface area contributed by atoms with Crippen LogP contribution in [-0.2, 0) is 19.7 Å². The third kappa shape index (κ3) is 7.73. The summed E-state index contributed by atoms with van der Waals surface area (Å²) in [4.78, 5) is 40.6. The SMILES string of the molecule is COC(=O)C1=C(C)NC(C)=C(N(C=O)CCCN2CCC(c3ccccc3)(c3ccccc3)CC2)C1c1ccc([N+](=O)[O-])cc1.Cl.O. The normalized spacial score (nSPS) is 17.5. The van der Waals surface area contributed by atoms with Crippen molar-refractivity contribution < 1.29 is 24.7 Å². The Morgan fingerprint density at radius 3 is 2.02 bits per heavy atom. The minimum Gasteiger partial charge on any atom is -0.466 e. The van der Waals surface area contributed by atoms with Crippen molar-refractivity contribution in [3.63, 3.8) is 0 Å². The minimum absolute atomic E-state index is 0. The lowest BCUT2D eigenvalue weighted by Crippen LogP contribution is -2.44.